The van der Waals surface area contributed by atoms with Crippen LogP contribution in [0.15, 0.2) is 24.3 Å². The summed E-state index contributed by atoms with van der Waals surface area (Å²) in [4.78, 5) is 15.6. The van der Waals surface area contributed by atoms with Crippen LogP contribution in [0, 0.1) is 0 Å². The summed E-state index contributed by atoms with van der Waals surface area (Å²) >= 11 is 1.58. The van der Waals surface area contributed by atoms with Gasteiger partial charge in [0.25, 0.3) is 0 Å². The van der Waals surface area contributed by atoms with Gasteiger partial charge < -0.3 is 5.32 Å². The summed E-state index contributed by atoms with van der Waals surface area (Å²) in [7, 11) is 0. The van der Waals surface area contributed by atoms with Gasteiger partial charge in [0.15, 0.2) is 0 Å². The van der Waals surface area contributed by atoms with Crippen molar-refractivity contribution in [2.24, 2.45) is 0 Å². The number of amides is 2. The van der Waals surface area contributed by atoms with Gasteiger partial charge in [0.05, 0.1) is 16.8 Å². The van der Waals surface area contributed by atoms with Gasteiger partial charge in [-0.05, 0) is 12.1 Å². The van der Waals surface area contributed by atoms with Crippen LogP contribution in [0.2, 0.25) is 0 Å². The number of rotatable bonds is 1. The Balaban J connectivity index is 1.96. The molecule has 5 nitrogen and oxygen atoms in total. The molecule has 0 aliphatic carbocycles. The molecular formula is C10H10N4OS. The maximum absolute atomic E-state index is 11.2. The van der Waals surface area contributed by atoms with Crippen molar-refractivity contribution in [1.29, 1.82) is 0 Å². The Morgan fingerprint density at radius 3 is 3.06 bits per heavy atom. The molecule has 0 radical (unpaired) electrons. The Labute approximate surface area is 96.1 Å². The Morgan fingerprint density at radius 2 is 2.25 bits per heavy atom. The summed E-state index contributed by atoms with van der Waals surface area (Å²) < 4.78 is 1.13. The highest BCUT2D eigenvalue weighted by Crippen LogP contribution is 2.27. The number of carbonyl (C=O) groups excluding carboxylic acids is 1. The van der Waals surface area contributed by atoms with Gasteiger partial charge in [-0.1, -0.05) is 23.5 Å². The van der Waals surface area contributed by atoms with Crippen LogP contribution in [0.5, 0.6) is 0 Å². The van der Waals surface area contributed by atoms with Crippen LogP contribution >= 0.6 is 11.3 Å². The van der Waals surface area contributed by atoms with Crippen LogP contribution < -0.4 is 15.8 Å². The number of anilines is 1. The maximum Gasteiger partial charge on any atom is 0.333 e. The molecule has 0 unspecified atom stereocenters. The molecule has 82 valence electrons. The number of nitrogens with one attached hydrogen (secondary N) is 2. The number of benzene rings is 1. The average molecular weight is 234 g/mol. The molecule has 6 heteroatoms. The third-order valence-electron chi connectivity index (χ3n) is 2.37. The zero-order valence-electron chi connectivity index (χ0n) is 8.43. The quantitative estimate of drug-likeness (QED) is 0.782. The van der Waals surface area contributed by atoms with E-state index in [1.165, 1.54) is 0 Å². The van der Waals surface area contributed by atoms with E-state index in [2.05, 4.69) is 15.7 Å². The predicted molar refractivity (Wildman–Crippen MR) is 63.5 cm³/mol. The van der Waals surface area contributed by atoms with Crippen LogP contribution in [0.3, 0.4) is 0 Å². The first-order valence-electron chi connectivity index (χ1n) is 5.00. The van der Waals surface area contributed by atoms with Gasteiger partial charge in [0, 0.05) is 6.54 Å². The lowest BCUT2D eigenvalue weighted by Gasteiger charge is -2.27. The lowest BCUT2D eigenvalue weighted by molar-refractivity contribution is 0.236. The van der Waals surface area contributed by atoms with Crippen molar-refractivity contribution in [3.05, 3.63) is 24.3 Å². The maximum atomic E-state index is 11.2. The molecule has 1 aromatic carbocycles. The molecule has 16 heavy (non-hydrogen) atoms. The topological polar surface area (TPSA) is 57.3 Å². The third-order valence-corrected chi connectivity index (χ3v) is 3.43. The highest BCUT2D eigenvalue weighted by molar-refractivity contribution is 7.22. The van der Waals surface area contributed by atoms with Crippen molar-refractivity contribution >= 4 is 32.7 Å². The summed E-state index contributed by atoms with van der Waals surface area (Å²) in [6.45, 7) is 1.37. The van der Waals surface area contributed by atoms with E-state index in [0.29, 0.717) is 6.54 Å². The number of hydrogen-bond acceptors (Lipinski definition) is 4. The number of aromatic nitrogens is 1. The number of nitrogens with zero attached hydrogens (tertiary/aromatic N) is 2. The van der Waals surface area contributed by atoms with Crippen LogP contribution in [-0.4, -0.2) is 24.1 Å². The van der Waals surface area contributed by atoms with Crippen molar-refractivity contribution < 1.29 is 4.79 Å². The summed E-state index contributed by atoms with van der Waals surface area (Å²) in [6.07, 6.45) is 0. The second kappa shape index (κ2) is 3.64. The Bertz CT molecular complexity index is 505. The first-order valence-corrected chi connectivity index (χ1v) is 5.82. The predicted octanol–water partition coefficient (Wildman–Crippen LogP) is 1.33. The summed E-state index contributed by atoms with van der Waals surface area (Å²) in [5.74, 6) is 0. The fraction of sp³-hybridized carbons (Fsp3) is 0.200. The molecule has 2 N–H and O–H groups in total. The van der Waals surface area contributed by atoms with Gasteiger partial charge in [0.2, 0.25) is 5.13 Å². The highest BCUT2D eigenvalue weighted by atomic mass is 32.1. The summed E-state index contributed by atoms with van der Waals surface area (Å²) in [5.41, 5.74) is 3.69. The van der Waals surface area contributed by atoms with Gasteiger partial charge in [-0.15, -0.1) is 0 Å². The SMILES string of the molecule is O=C1NCCN(c2nc3ccccc3s2)N1. The number of carbonyl (C=O) groups is 1. The van der Waals surface area contributed by atoms with Crippen molar-refractivity contribution in [3.8, 4) is 0 Å². The molecule has 1 aliphatic heterocycles. The van der Waals surface area contributed by atoms with Gasteiger partial charge in [-0.25, -0.2) is 15.2 Å². The fourth-order valence-corrected chi connectivity index (χ4v) is 2.57. The molecule has 1 aliphatic rings. The minimum absolute atomic E-state index is 0.175. The summed E-state index contributed by atoms with van der Waals surface area (Å²) in [5, 5.41) is 5.31. The Morgan fingerprint density at radius 1 is 1.38 bits per heavy atom. The molecular weight excluding hydrogens is 224 g/mol. The lowest BCUT2D eigenvalue weighted by atomic mass is 10.3. The van der Waals surface area contributed by atoms with E-state index < -0.39 is 0 Å². The first kappa shape index (κ1) is 9.41. The smallest absolute Gasteiger partial charge is 0.333 e. The van der Waals surface area contributed by atoms with Crippen molar-refractivity contribution in [1.82, 2.24) is 15.7 Å². The largest absolute Gasteiger partial charge is 0.335 e. The van der Waals surface area contributed by atoms with Crippen LogP contribution in [0.4, 0.5) is 9.93 Å². The zero-order chi connectivity index (χ0) is 11.0. The number of para-hydroxylation sites is 1. The highest BCUT2D eigenvalue weighted by Gasteiger charge is 2.18. The van der Waals surface area contributed by atoms with Gasteiger partial charge in [-0.2, -0.15) is 0 Å². The van der Waals surface area contributed by atoms with Gasteiger partial charge in [-0.3, -0.25) is 5.01 Å². The third kappa shape index (κ3) is 1.57. The van der Waals surface area contributed by atoms with Crippen LogP contribution in [0.25, 0.3) is 10.2 Å². The molecule has 3 rings (SSSR count). The fourth-order valence-electron chi connectivity index (χ4n) is 1.62. The van der Waals surface area contributed by atoms with Crippen molar-refractivity contribution in [2.45, 2.75) is 0 Å². The molecule has 2 heterocycles. The van der Waals surface area contributed by atoms with E-state index in [-0.39, 0.29) is 6.03 Å². The molecule has 0 spiro atoms. The normalized spacial score (nSPS) is 16.0. The molecule has 2 amide bonds. The number of hydrogen-bond donors (Lipinski definition) is 2. The number of fused-ring (bicyclic) bond motifs is 1. The van der Waals surface area contributed by atoms with Crippen LogP contribution in [0.1, 0.15) is 0 Å². The number of urea groups is 1. The summed E-state index contributed by atoms with van der Waals surface area (Å²) in [6, 6.07) is 7.77. The Hall–Kier alpha value is -1.82. The molecule has 1 aromatic heterocycles. The van der Waals surface area contributed by atoms with E-state index in [1.54, 1.807) is 16.3 Å². The average Bonchev–Trinajstić information content (AvgIpc) is 2.72. The van der Waals surface area contributed by atoms with Crippen molar-refractivity contribution in [3.63, 3.8) is 0 Å². The Kier molecular flexibility index (Phi) is 2.14. The zero-order valence-corrected chi connectivity index (χ0v) is 9.25. The van der Waals surface area contributed by atoms with Gasteiger partial charge >= 0.3 is 6.03 Å². The number of hydrazine groups is 1. The second-order valence-corrected chi connectivity index (χ2v) is 4.49. The number of thiazole rings is 1. The molecule has 0 atom stereocenters. The van der Waals surface area contributed by atoms with Crippen LogP contribution in [-0.2, 0) is 0 Å². The molecule has 0 saturated carbocycles. The molecule has 2 aromatic rings. The van der Waals surface area contributed by atoms with E-state index in [1.807, 2.05) is 24.3 Å². The van der Waals surface area contributed by atoms with Crippen molar-refractivity contribution in [2.75, 3.05) is 18.1 Å². The van der Waals surface area contributed by atoms with E-state index in [0.717, 1.165) is 21.9 Å². The molecule has 1 fully saturated rings. The van der Waals surface area contributed by atoms with E-state index in [9.17, 15) is 4.79 Å². The molecule has 0 bridgehead atoms. The minimum atomic E-state index is -0.175. The first-order chi connectivity index (χ1) is 7.83. The van der Waals surface area contributed by atoms with E-state index >= 15 is 0 Å². The standard InChI is InChI=1S/C10H10N4OS/c15-9-11-5-6-14(13-9)10-12-7-3-1-2-4-8(7)16-10/h1-4H,5-6H2,(H2,11,13,15). The monoisotopic (exact) mass is 234 g/mol. The second-order valence-electron chi connectivity index (χ2n) is 3.48. The minimum Gasteiger partial charge on any atom is -0.335 e. The molecule has 1 saturated heterocycles. The lowest BCUT2D eigenvalue weighted by Crippen LogP contribution is -2.56. The van der Waals surface area contributed by atoms with Gasteiger partial charge in [0.1, 0.15) is 0 Å². The van der Waals surface area contributed by atoms with E-state index in [4.69, 9.17) is 0 Å².